The van der Waals surface area contributed by atoms with Crippen molar-refractivity contribution in [1.82, 2.24) is 5.32 Å². The Morgan fingerprint density at radius 2 is 2.00 bits per heavy atom. The Bertz CT molecular complexity index is 515. The Hall–Kier alpha value is -1.75. The first kappa shape index (κ1) is 16.3. The Kier molecular flexibility index (Phi) is 5.39. The van der Waals surface area contributed by atoms with Crippen LogP contribution >= 0.6 is 11.6 Å². The molecular formula is C14H19ClN2O3. The molecule has 0 saturated heterocycles. The van der Waals surface area contributed by atoms with E-state index in [4.69, 9.17) is 16.7 Å². The number of hydrogen-bond acceptors (Lipinski definition) is 2. The summed E-state index contributed by atoms with van der Waals surface area (Å²) >= 11 is 5.88. The van der Waals surface area contributed by atoms with Crippen LogP contribution in [0.15, 0.2) is 18.2 Å². The second-order valence-corrected chi connectivity index (χ2v) is 5.75. The molecule has 0 fully saturated rings. The maximum atomic E-state index is 11.9. The first-order chi connectivity index (χ1) is 9.19. The van der Waals surface area contributed by atoms with Crippen molar-refractivity contribution in [2.45, 2.75) is 39.2 Å². The normalized spacial score (nSPS) is 11.0. The Balaban J connectivity index is 2.63. The van der Waals surface area contributed by atoms with E-state index in [2.05, 4.69) is 10.6 Å². The summed E-state index contributed by atoms with van der Waals surface area (Å²) in [4.78, 5) is 22.5. The Morgan fingerprint density at radius 3 is 2.60 bits per heavy atom. The van der Waals surface area contributed by atoms with Gasteiger partial charge in [0, 0.05) is 22.7 Å². The van der Waals surface area contributed by atoms with E-state index in [0.717, 1.165) is 5.56 Å². The summed E-state index contributed by atoms with van der Waals surface area (Å²) in [5.41, 5.74) is 0.923. The molecule has 0 unspecified atom stereocenters. The van der Waals surface area contributed by atoms with E-state index in [1.807, 2.05) is 13.0 Å². The molecule has 0 saturated carbocycles. The fraction of sp³-hybridized carbons (Fsp3) is 0.429. The predicted octanol–water partition coefficient (Wildman–Crippen LogP) is 3.41. The topological polar surface area (TPSA) is 78.4 Å². The minimum absolute atomic E-state index is 0.00345. The molecule has 0 atom stereocenters. The van der Waals surface area contributed by atoms with Gasteiger partial charge in [0.2, 0.25) is 0 Å². The number of carbonyl (C=O) groups is 2. The minimum Gasteiger partial charge on any atom is -0.481 e. The van der Waals surface area contributed by atoms with Crippen molar-refractivity contribution in [2.75, 3.05) is 5.32 Å². The number of aryl methyl sites for hydroxylation is 1. The molecule has 0 heterocycles. The van der Waals surface area contributed by atoms with Crippen molar-refractivity contribution in [1.29, 1.82) is 0 Å². The highest BCUT2D eigenvalue weighted by atomic mass is 35.5. The molecule has 3 N–H and O–H groups in total. The van der Waals surface area contributed by atoms with Gasteiger partial charge in [-0.25, -0.2) is 4.79 Å². The highest BCUT2D eigenvalue weighted by Crippen LogP contribution is 2.20. The van der Waals surface area contributed by atoms with Gasteiger partial charge >= 0.3 is 12.0 Å². The molecule has 0 aliphatic rings. The van der Waals surface area contributed by atoms with Crippen molar-refractivity contribution in [3.8, 4) is 0 Å². The Morgan fingerprint density at radius 1 is 1.35 bits per heavy atom. The lowest BCUT2D eigenvalue weighted by Crippen LogP contribution is -2.45. The average molecular weight is 299 g/mol. The van der Waals surface area contributed by atoms with Crippen LogP contribution in [0.25, 0.3) is 0 Å². The second-order valence-electron chi connectivity index (χ2n) is 5.32. The van der Waals surface area contributed by atoms with Gasteiger partial charge in [-0.15, -0.1) is 0 Å². The molecule has 5 nitrogen and oxygen atoms in total. The first-order valence-electron chi connectivity index (χ1n) is 6.27. The number of hydrogen-bond donors (Lipinski definition) is 3. The SMILES string of the molecule is Cc1ccc(Cl)cc1NC(=O)NC(C)(C)CCC(=O)O. The molecule has 6 heteroatoms. The third-order valence-electron chi connectivity index (χ3n) is 2.86. The molecule has 0 aliphatic carbocycles. The molecule has 1 aromatic rings. The van der Waals surface area contributed by atoms with E-state index in [1.54, 1.807) is 26.0 Å². The zero-order valence-corrected chi connectivity index (χ0v) is 12.5. The summed E-state index contributed by atoms with van der Waals surface area (Å²) in [6.07, 6.45) is 0.355. The molecule has 0 radical (unpaired) electrons. The van der Waals surface area contributed by atoms with Gasteiger partial charge in [0.1, 0.15) is 0 Å². The van der Waals surface area contributed by atoms with Gasteiger partial charge in [-0.2, -0.15) is 0 Å². The van der Waals surface area contributed by atoms with Gasteiger partial charge in [0.05, 0.1) is 0 Å². The van der Waals surface area contributed by atoms with Crippen LogP contribution in [0.2, 0.25) is 5.02 Å². The van der Waals surface area contributed by atoms with Crippen LogP contribution in [0.4, 0.5) is 10.5 Å². The monoisotopic (exact) mass is 298 g/mol. The lowest BCUT2D eigenvalue weighted by atomic mass is 9.99. The number of amides is 2. The van der Waals surface area contributed by atoms with Gasteiger partial charge in [-0.05, 0) is 44.9 Å². The Labute approximate surface area is 123 Å². The number of anilines is 1. The van der Waals surface area contributed by atoms with Crippen molar-refractivity contribution in [3.05, 3.63) is 28.8 Å². The third kappa shape index (κ3) is 5.48. The van der Waals surface area contributed by atoms with E-state index in [0.29, 0.717) is 17.1 Å². The fourth-order valence-electron chi connectivity index (χ4n) is 1.67. The van der Waals surface area contributed by atoms with Gasteiger partial charge in [0.15, 0.2) is 0 Å². The highest BCUT2D eigenvalue weighted by Gasteiger charge is 2.21. The minimum atomic E-state index is -0.883. The van der Waals surface area contributed by atoms with Crippen molar-refractivity contribution in [2.24, 2.45) is 0 Å². The number of rotatable bonds is 5. The van der Waals surface area contributed by atoms with E-state index in [9.17, 15) is 9.59 Å². The average Bonchev–Trinajstić information content (AvgIpc) is 2.31. The van der Waals surface area contributed by atoms with Crippen molar-refractivity contribution < 1.29 is 14.7 Å². The van der Waals surface area contributed by atoms with Crippen molar-refractivity contribution in [3.63, 3.8) is 0 Å². The molecular weight excluding hydrogens is 280 g/mol. The summed E-state index contributed by atoms with van der Waals surface area (Å²) in [5.74, 6) is -0.883. The molecule has 0 aromatic heterocycles. The maximum Gasteiger partial charge on any atom is 0.319 e. The van der Waals surface area contributed by atoms with Crippen LogP contribution < -0.4 is 10.6 Å². The lowest BCUT2D eigenvalue weighted by molar-refractivity contribution is -0.137. The van der Waals surface area contributed by atoms with E-state index in [1.165, 1.54) is 0 Å². The summed E-state index contributed by atoms with van der Waals surface area (Å²) in [7, 11) is 0. The van der Waals surface area contributed by atoms with Crippen LogP contribution in [-0.2, 0) is 4.79 Å². The molecule has 1 rings (SSSR count). The molecule has 0 bridgehead atoms. The van der Waals surface area contributed by atoms with E-state index in [-0.39, 0.29) is 12.5 Å². The zero-order chi connectivity index (χ0) is 15.3. The number of aliphatic carboxylic acids is 1. The first-order valence-corrected chi connectivity index (χ1v) is 6.64. The zero-order valence-electron chi connectivity index (χ0n) is 11.8. The maximum absolute atomic E-state index is 11.9. The quantitative estimate of drug-likeness (QED) is 0.779. The van der Waals surface area contributed by atoms with Crippen molar-refractivity contribution >= 4 is 29.3 Å². The third-order valence-corrected chi connectivity index (χ3v) is 3.10. The van der Waals surface area contributed by atoms with Gasteiger partial charge in [-0.3, -0.25) is 4.79 Å². The van der Waals surface area contributed by atoms with Gasteiger partial charge in [0.25, 0.3) is 0 Å². The summed E-state index contributed by atoms with van der Waals surface area (Å²) < 4.78 is 0. The van der Waals surface area contributed by atoms with Gasteiger partial charge in [-0.1, -0.05) is 17.7 Å². The number of carboxylic acid groups (broad SMARTS) is 1. The summed E-state index contributed by atoms with van der Waals surface area (Å²) in [5, 5.41) is 14.7. The summed E-state index contributed by atoms with van der Waals surface area (Å²) in [6, 6.07) is 4.84. The van der Waals surface area contributed by atoms with E-state index < -0.39 is 11.5 Å². The molecule has 20 heavy (non-hydrogen) atoms. The smallest absolute Gasteiger partial charge is 0.319 e. The largest absolute Gasteiger partial charge is 0.481 e. The number of nitrogens with one attached hydrogen (secondary N) is 2. The number of urea groups is 1. The van der Waals surface area contributed by atoms with Gasteiger partial charge < -0.3 is 15.7 Å². The number of halogens is 1. The molecule has 0 aliphatic heterocycles. The summed E-state index contributed by atoms with van der Waals surface area (Å²) in [6.45, 7) is 5.42. The lowest BCUT2D eigenvalue weighted by Gasteiger charge is -2.26. The van der Waals surface area contributed by atoms with Crippen LogP contribution in [0.3, 0.4) is 0 Å². The standard InChI is InChI=1S/C14H19ClN2O3/c1-9-4-5-10(15)8-11(9)16-13(20)17-14(2,3)7-6-12(18)19/h4-5,8H,6-7H2,1-3H3,(H,18,19)(H2,16,17,20). The highest BCUT2D eigenvalue weighted by molar-refractivity contribution is 6.31. The molecule has 2 amide bonds. The fourth-order valence-corrected chi connectivity index (χ4v) is 1.84. The number of carbonyl (C=O) groups excluding carboxylic acids is 1. The van der Waals surface area contributed by atoms with E-state index >= 15 is 0 Å². The number of carboxylic acids is 1. The molecule has 1 aromatic carbocycles. The van der Waals surface area contributed by atoms with Crippen LogP contribution in [0, 0.1) is 6.92 Å². The van der Waals surface area contributed by atoms with Crippen LogP contribution in [-0.4, -0.2) is 22.6 Å². The molecule has 110 valence electrons. The predicted molar refractivity (Wildman–Crippen MR) is 79.3 cm³/mol. The molecule has 0 spiro atoms. The second kappa shape index (κ2) is 6.61. The van der Waals surface area contributed by atoms with Crippen LogP contribution in [0.5, 0.6) is 0 Å². The number of benzene rings is 1. The van der Waals surface area contributed by atoms with Crippen LogP contribution in [0.1, 0.15) is 32.3 Å².